The molecule has 0 aromatic heterocycles. The van der Waals surface area contributed by atoms with E-state index in [4.69, 9.17) is 4.52 Å². The number of rotatable bonds is 4. The van der Waals surface area contributed by atoms with E-state index in [1.54, 1.807) is 0 Å². The molecule has 1 heterocycles. The third kappa shape index (κ3) is 1.95. The number of benzene rings is 4. The second kappa shape index (κ2) is 6.38. The van der Waals surface area contributed by atoms with Gasteiger partial charge in [0.15, 0.2) is 0 Å². The van der Waals surface area contributed by atoms with Gasteiger partial charge in [-0.15, -0.1) is 0 Å². The molecular weight excluding hydrogens is 383 g/mol. The summed E-state index contributed by atoms with van der Waals surface area (Å²) in [7, 11) is 0. The topological polar surface area (TPSA) is 9.23 Å². The summed E-state index contributed by atoms with van der Waals surface area (Å²) in [5, 5.41) is 4.00. The first kappa shape index (κ1) is 18.1. The van der Waals surface area contributed by atoms with Crippen molar-refractivity contribution in [3.8, 4) is 0 Å². The first-order chi connectivity index (χ1) is 14.8. The Morgan fingerprint density at radius 1 is 0.567 bits per heavy atom. The molecule has 6 rings (SSSR count). The van der Waals surface area contributed by atoms with Crippen LogP contribution in [-0.2, 0) is 9.68 Å². The SMILES string of the molecule is c1ccc([C@@]23C[C@@H]2COP3(c2ccccc2)(c2ccccc2)c2ccccc2)cc1. The summed E-state index contributed by atoms with van der Waals surface area (Å²) in [5.41, 5.74) is 1.42. The molecule has 2 heteroatoms. The Kier molecular flexibility index (Phi) is 3.84. The number of hydrogen-bond acceptors (Lipinski definition) is 1. The van der Waals surface area contributed by atoms with Crippen LogP contribution < -0.4 is 15.9 Å². The summed E-state index contributed by atoms with van der Waals surface area (Å²) >= 11 is 0. The zero-order chi connectivity index (χ0) is 20.1. The molecule has 0 bridgehead atoms. The van der Waals surface area contributed by atoms with Crippen LogP contribution in [0.4, 0.5) is 0 Å². The van der Waals surface area contributed by atoms with Crippen LogP contribution >= 0.6 is 6.83 Å². The Morgan fingerprint density at radius 2 is 0.967 bits per heavy atom. The normalized spacial score (nSPS) is 26.8. The van der Waals surface area contributed by atoms with Crippen molar-refractivity contribution in [1.82, 2.24) is 0 Å². The van der Waals surface area contributed by atoms with Crippen LogP contribution in [-0.4, -0.2) is 6.61 Å². The van der Waals surface area contributed by atoms with Crippen molar-refractivity contribution in [2.45, 2.75) is 11.6 Å². The second-order valence-electron chi connectivity index (χ2n) is 8.53. The van der Waals surface area contributed by atoms with Gasteiger partial charge in [-0.3, -0.25) is 0 Å². The molecular formula is C28H25OP. The maximum absolute atomic E-state index is 7.34. The third-order valence-corrected chi connectivity index (χ3v) is 14.2. The molecule has 4 aromatic carbocycles. The van der Waals surface area contributed by atoms with Crippen molar-refractivity contribution in [2.75, 3.05) is 6.61 Å². The average molecular weight is 408 g/mol. The van der Waals surface area contributed by atoms with Crippen LogP contribution in [0.2, 0.25) is 0 Å². The first-order valence-corrected chi connectivity index (χ1v) is 12.9. The van der Waals surface area contributed by atoms with Gasteiger partial charge in [0.1, 0.15) is 0 Å². The van der Waals surface area contributed by atoms with Crippen molar-refractivity contribution < 1.29 is 4.52 Å². The van der Waals surface area contributed by atoms with Gasteiger partial charge in [-0.25, -0.2) is 0 Å². The molecule has 1 saturated heterocycles. The van der Waals surface area contributed by atoms with E-state index in [0.29, 0.717) is 5.92 Å². The van der Waals surface area contributed by atoms with Gasteiger partial charge < -0.3 is 0 Å². The van der Waals surface area contributed by atoms with Crippen LogP contribution in [0.25, 0.3) is 0 Å². The summed E-state index contributed by atoms with van der Waals surface area (Å²) in [4.78, 5) is 0. The summed E-state index contributed by atoms with van der Waals surface area (Å²) in [5.74, 6) is 0.540. The molecule has 148 valence electrons. The molecule has 1 aliphatic carbocycles. The van der Waals surface area contributed by atoms with Gasteiger partial charge in [-0.1, -0.05) is 0 Å². The van der Waals surface area contributed by atoms with E-state index in [1.807, 2.05) is 0 Å². The standard InChI is InChI=1S/C28H25OP/c1-5-13-23(14-6-1)28-21-24(28)22-29-30(28,25-15-7-2-8-16-25,26-17-9-3-10-18-26)27-19-11-4-12-20-27/h1-20,24H,21-22H2/t24-,28+/m1/s1. The van der Waals surface area contributed by atoms with Crippen LogP contribution in [0.3, 0.4) is 0 Å². The van der Waals surface area contributed by atoms with Crippen LogP contribution in [0, 0.1) is 5.92 Å². The summed E-state index contributed by atoms with van der Waals surface area (Å²) in [6.45, 7) is -2.45. The number of hydrogen-bond donors (Lipinski definition) is 0. The van der Waals surface area contributed by atoms with E-state index in [0.717, 1.165) is 6.61 Å². The molecule has 0 radical (unpaired) electrons. The average Bonchev–Trinajstić information content (AvgIpc) is 3.52. The summed E-state index contributed by atoms with van der Waals surface area (Å²) < 4.78 is 7.34. The zero-order valence-electron chi connectivity index (χ0n) is 16.9. The summed E-state index contributed by atoms with van der Waals surface area (Å²) in [6, 6.07) is 44.4. The fourth-order valence-electron chi connectivity index (χ4n) is 6.22. The maximum atomic E-state index is 7.34. The molecule has 2 atom stereocenters. The van der Waals surface area contributed by atoms with E-state index in [-0.39, 0.29) is 5.16 Å². The van der Waals surface area contributed by atoms with Crippen molar-refractivity contribution in [2.24, 2.45) is 5.92 Å². The molecule has 1 aliphatic heterocycles. The molecule has 4 aromatic rings. The predicted octanol–water partition coefficient (Wildman–Crippen LogP) is 5.38. The van der Waals surface area contributed by atoms with Gasteiger partial charge in [-0.2, -0.15) is 0 Å². The van der Waals surface area contributed by atoms with Crippen molar-refractivity contribution in [3.05, 3.63) is 127 Å². The van der Waals surface area contributed by atoms with Crippen LogP contribution in [0.15, 0.2) is 121 Å². The first-order valence-electron chi connectivity index (χ1n) is 10.7. The third-order valence-electron chi connectivity index (χ3n) is 7.39. The van der Waals surface area contributed by atoms with Crippen molar-refractivity contribution >= 4 is 22.7 Å². The fraction of sp³-hybridized carbons (Fsp3) is 0.143. The van der Waals surface area contributed by atoms with E-state index < -0.39 is 6.83 Å². The minimum absolute atomic E-state index is 0.0169. The Morgan fingerprint density at radius 3 is 1.37 bits per heavy atom. The van der Waals surface area contributed by atoms with Gasteiger partial charge in [0.25, 0.3) is 0 Å². The van der Waals surface area contributed by atoms with Gasteiger partial charge in [-0.05, 0) is 0 Å². The molecule has 30 heavy (non-hydrogen) atoms. The molecule has 0 spiro atoms. The zero-order valence-corrected chi connectivity index (χ0v) is 17.8. The second-order valence-corrected chi connectivity index (χ2v) is 13.2. The summed E-state index contributed by atoms with van der Waals surface area (Å²) in [6.07, 6.45) is 1.17. The quantitative estimate of drug-likeness (QED) is 0.412. The van der Waals surface area contributed by atoms with Gasteiger partial charge >= 0.3 is 178 Å². The fourth-order valence-corrected chi connectivity index (χ4v) is 13.9. The van der Waals surface area contributed by atoms with E-state index in [9.17, 15) is 0 Å². The van der Waals surface area contributed by atoms with Gasteiger partial charge in [0.2, 0.25) is 0 Å². The van der Waals surface area contributed by atoms with Crippen molar-refractivity contribution in [3.63, 3.8) is 0 Å². The van der Waals surface area contributed by atoms with E-state index in [2.05, 4.69) is 121 Å². The molecule has 2 fully saturated rings. The Bertz CT molecular complexity index is 1080. The monoisotopic (exact) mass is 408 g/mol. The van der Waals surface area contributed by atoms with Crippen LogP contribution in [0.1, 0.15) is 12.0 Å². The van der Waals surface area contributed by atoms with E-state index >= 15 is 0 Å². The molecule has 1 saturated carbocycles. The molecule has 0 N–H and O–H groups in total. The molecule has 0 unspecified atom stereocenters. The minimum atomic E-state index is -3.26. The molecule has 2 aliphatic rings. The van der Waals surface area contributed by atoms with Gasteiger partial charge in [0.05, 0.1) is 0 Å². The Hall–Kier alpha value is -2.73. The number of fused-ring (bicyclic) bond motifs is 1. The van der Waals surface area contributed by atoms with Crippen LogP contribution in [0.5, 0.6) is 0 Å². The molecule has 1 nitrogen and oxygen atoms in total. The van der Waals surface area contributed by atoms with Gasteiger partial charge in [0, 0.05) is 0 Å². The Labute approximate surface area is 178 Å². The predicted molar refractivity (Wildman–Crippen MR) is 127 cm³/mol. The van der Waals surface area contributed by atoms with E-state index in [1.165, 1.54) is 27.9 Å². The Balaban J connectivity index is 1.84. The molecule has 0 amide bonds. The van der Waals surface area contributed by atoms with Crippen molar-refractivity contribution in [1.29, 1.82) is 0 Å².